The van der Waals surface area contributed by atoms with Crippen LogP contribution in [0.4, 0.5) is 10.5 Å². The van der Waals surface area contributed by atoms with Crippen molar-refractivity contribution in [1.82, 2.24) is 19.4 Å². The number of urea groups is 1. The smallest absolute Gasteiger partial charge is 0.321 e. The molecule has 5 rings (SSSR count). The Morgan fingerprint density at radius 2 is 1.71 bits per heavy atom. The van der Waals surface area contributed by atoms with E-state index in [1.54, 1.807) is 0 Å². The van der Waals surface area contributed by atoms with Crippen molar-refractivity contribution in [2.24, 2.45) is 5.41 Å². The number of fused-ring (bicyclic) bond motifs is 1. The van der Waals surface area contributed by atoms with E-state index in [0.717, 1.165) is 48.8 Å². The van der Waals surface area contributed by atoms with Gasteiger partial charge < -0.3 is 15.1 Å². The van der Waals surface area contributed by atoms with Crippen LogP contribution in [-0.4, -0.2) is 57.5 Å². The van der Waals surface area contributed by atoms with E-state index < -0.39 is 0 Å². The first-order valence-corrected chi connectivity index (χ1v) is 11.4. The molecule has 1 spiro atoms. The van der Waals surface area contributed by atoms with Gasteiger partial charge in [0.05, 0.1) is 11.4 Å². The third-order valence-electron chi connectivity index (χ3n) is 6.71. The van der Waals surface area contributed by atoms with E-state index in [-0.39, 0.29) is 17.4 Å². The molecule has 2 aliphatic rings. The highest BCUT2D eigenvalue weighted by Crippen LogP contribution is 2.41. The lowest BCUT2D eigenvalue weighted by atomic mass is 9.78. The van der Waals surface area contributed by atoms with Crippen LogP contribution in [0, 0.1) is 12.3 Å². The first-order valence-electron chi connectivity index (χ1n) is 10.7. The Kier molecular flexibility index (Phi) is 5.09. The number of anilines is 1. The monoisotopic (exact) mass is 435 g/mol. The van der Waals surface area contributed by atoms with Gasteiger partial charge in [0.25, 0.3) is 5.91 Å². The molecular formula is C23H25N5O2S. The fourth-order valence-electron chi connectivity index (χ4n) is 4.80. The van der Waals surface area contributed by atoms with Crippen LogP contribution in [0.3, 0.4) is 0 Å². The van der Waals surface area contributed by atoms with Crippen LogP contribution < -0.4 is 5.32 Å². The zero-order chi connectivity index (χ0) is 21.4. The van der Waals surface area contributed by atoms with Crippen molar-refractivity contribution in [2.75, 3.05) is 31.5 Å². The minimum absolute atomic E-state index is 0.0421. The standard InChI is InChI=1S/C23H25N5O2S/c1-16-20(31-26-25-16)21(29)28-14-11-23(15-28)9-12-27(13-10-23)22(30)24-19-8-4-6-17-5-2-3-7-18(17)19/h2-8H,9-15H2,1H3,(H,24,30). The summed E-state index contributed by atoms with van der Waals surface area (Å²) in [5.74, 6) is 0.0421. The summed E-state index contributed by atoms with van der Waals surface area (Å²) in [6, 6.07) is 14.0. The molecule has 0 saturated carbocycles. The molecule has 0 atom stereocenters. The molecule has 0 aliphatic carbocycles. The topological polar surface area (TPSA) is 78.4 Å². The largest absolute Gasteiger partial charge is 0.337 e. The van der Waals surface area contributed by atoms with E-state index in [4.69, 9.17) is 0 Å². The molecule has 2 saturated heterocycles. The summed E-state index contributed by atoms with van der Waals surface area (Å²) < 4.78 is 3.89. The maximum absolute atomic E-state index is 12.9. The minimum Gasteiger partial charge on any atom is -0.337 e. The van der Waals surface area contributed by atoms with Crippen molar-refractivity contribution < 1.29 is 9.59 Å². The molecule has 2 fully saturated rings. The number of benzene rings is 2. The van der Waals surface area contributed by atoms with E-state index in [1.807, 2.05) is 59.2 Å². The molecule has 7 nitrogen and oxygen atoms in total. The Balaban J connectivity index is 1.21. The molecule has 0 bridgehead atoms. The number of amides is 3. The predicted molar refractivity (Wildman–Crippen MR) is 121 cm³/mol. The van der Waals surface area contributed by atoms with Crippen LogP contribution in [0.1, 0.15) is 34.6 Å². The summed E-state index contributed by atoms with van der Waals surface area (Å²) in [6.07, 6.45) is 2.82. The molecule has 3 heterocycles. The molecule has 1 aromatic heterocycles. The van der Waals surface area contributed by atoms with Gasteiger partial charge in [-0.15, -0.1) is 5.10 Å². The molecular weight excluding hydrogens is 410 g/mol. The third-order valence-corrected chi connectivity index (χ3v) is 7.53. The average molecular weight is 436 g/mol. The summed E-state index contributed by atoms with van der Waals surface area (Å²) in [6.45, 7) is 4.76. The van der Waals surface area contributed by atoms with Crippen LogP contribution in [0.5, 0.6) is 0 Å². The van der Waals surface area contributed by atoms with Crippen LogP contribution in [0.25, 0.3) is 10.8 Å². The van der Waals surface area contributed by atoms with Gasteiger partial charge in [0.15, 0.2) is 0 Å². The van der Waals surface area contributed by atoms with Crippen molar-refractivity contribution >= 4 is 39.9 Å². The Hall–Kier alpha value is -3.00. The number of aromatic nitrogens is 2. The third kappa shape index (κ3) is 3.76. The molecule has 3 amide bonds. The lowest BCUT2D eigenvalue weighted by Crippen LogP contribution is -2.46. The average Bonchev–Trinajstić information content (AvgIpc) is 3.40. The number of piperidine rings is 1. The number of likely N-dealkylation sites (tertiary alicyclic amines) is 2. The number of nitrogens with one attached hydrogen (secondary N) is 1. The van der Waals surface area contributed by atoms with Gasteiger partial charge in [0, 0.05) is 31.6 Å². The second kappa shape index (κ2) is 7.92. The highest BCUT2D eigenvalue weighted by molar-refractivity contribution is 7.07. The summed E-state index contributed by atoms with van der Waals surface area (Å²) in [4.78, 5) is 30.2. The van der Waals surface area contributed by atoms with E-state index >= 15 is 0 Å². The van der Waals surface area contributed by atoms with Crippen LogP contribution in [-0.2, 0) is 0 Å². The van der Waals surface area contributed by atoms with Crippen molar-refractivity contribution in [3.63, 3.8) is 0 Å². The first kappa shape index (κ1) is 19.9. The van der Waals surface area contributed by atoms with E-state index in [0.29, 0.717) is 23.7 Å². The van der Waals surface area contributed by atoms with Gasteiger partial charge in [-0.3, -0.25) is 4.79 Å². The van der Waals surface area contributed by atoms with Crippen molar-refractivity contribution in [3.05, 3.63) is 53.0 Å². The number of hydrogen-bond acceptors (Lipinski definition) is 5. The highest BCUT2D eigenvalue weighted by atomic mass is 32.1. The Morgan fingerprint density at radius 1 is 1.00 bits per heavy atom. The molecule has 160 valence electrons. The van der Waals surface area contributed by atoms with Gasteiger partial charge in [0.1, 0.15) is 4.88 Å². The summed E-state index contributed by atoms with van der Waals surface area (Å²) in [5, 5.41) is 9.22. The maximum atomic E-state index is 12.9. The van der Waals surface area contributed by atoms with E-state index in [1.165, 1.54) is 11.5 Å². The fraction of sp³-hybridized carbons (Fsp3) is 0.391. The van der Waals surface area contributed by atoms with Gasteiger partial charge in [0.2, 0.25) is 0 Å². The number of aryl methyl sites for hydroxylation is 1. The van der Waals surface area contributed by atoms with Crippen LogP contribution in [0.2, 0.25) is 0 Å². The Bertz CT molecular complexity index is 1130. The Morgan fingerprint density at radius 3 is 2.45 bits per heavy atom. The highest BCUT2D eigenvalue weighted by Gasteiger charge is 2.43. The van der Waals surface area contributed by atoms with Crippen molar-refractivity contribution in [3.8, 4) is 0 Å². The number of hydrogen-bond donors (Lipinski definition) is 1. The van der Waals surface area contributed by atoms with Crippen LogP contribution in [0.15, 0.2) is 42.5 Å². The Labute approximate surface area is 185 Å². The van der Waals surface area contributed by atoms with Crippen molar-refractivity contribution in [2.45, 2.75) is 26.2 Å². The lowest BCUT2D eigenvalue weighted by Gasteiger charge is -2.39. The summed E-state index contributed by atoms with van der Waals surface area (Å²) in [7, 11) is 0. The van der Waals surface area contributed by atoms with E-state index in [9.17, 15) is 9.59 Å². The van der Waals surface area contributed by atoms with Gasteiger partial charge >= 0.3 is 6.03 Å². The number of carbonyl (C=O) groups is 2. The molecule has 1 N–H and O–H groups in total. The molecule has 3 aromatic rings. The first-order chi connectivity index (χ1) is 15.0. The molecule has 8 heteroatoms. The lowest BCUT2D eigenvalue weighted by molar-refractivity contribution is 0.0743. The zero-order valence-electron chi connectivity index (χ0n) is 17.5. The fourth-order valence-corrected chi connectivity index (χ4v) is 5.43. The normalized spacial score (nSPS) is 18.0. The minimum atomic E-state index is -0.0523. The summed E-state index contributed by atoms with van der Waals surface area (Å²) >= 11 is 1.17. The quantitative estimate of drug-likeness (QED) is 0.656. The second-order valence-electron chi connectivity index (χ2n) is 8.61. The molecule has 2 aromatic carbocycles. The molecule has 0 unspecified atom stereocenters. The van der Waals surface area contributed by atoms with Gasteiger partial charge in [-0.2, -0.15) is 0 Å². The number of carbonyl (C=O) groups excluding carboxylic acids is 2. The molecule has 31 heavy (non-hydrogen) atoms. The predicted octanol–water partition coefficient (Wildman–Crippen LogP) is 4.16. The van der Waals surface area contributed by atoms with Crippen molar-refractivity contribution in [1.29, 1.82) is 0 Å². The summed E-state index contributed by atoms with van der Waals surface area (Å²) in [5.41, 5.74) is 1.66. The second-order valence-corrected chi connectivity index (χ2v) is 9.36. The van der Waals surface area contributed by atoms with Gasteiger partial charge in [-0.05, 0) is 54.6 Å². The maximum Gasteiger partial charge on any atom is 0.321 e. The number of nitrogens with zero attached hydrogens (tertiary/aromatic N) is 4. The molecule has 2 aliphatic heterocycles. The van der Waals surface area contributed by atoms with Gasteiger partial charge in [-0.1, -0.05) is 40.9 Å². The van der Waals surface area contributed by atoms with Crippen LogP contribution >= 0.6 is 11.5 Å². The number of rotatable bonds is 2. The molecule has 0 radical (unpaired) electrons. The SMILES string of the molecule is Cc1nnsc1C(=O)N1CCC2(CCN(C(=O)Nc3cccc4ccccc34)CC2)C1. The zero-order valence-corrected chi connectivity index (χ0v) is 18.3. The van der Waals surface area contributed by atoms with E-state index in [2.05, 4.69) is 14.9 Å². The van der Waals surface area contributed by atoms with Gasteiger partial charge in [-0.25, -0.2) is 4.79 Å².